The molecule has 3 unspecified atom stereocenters. The summed E-state index contributed by atoms with van der Waals surface area (Å²) in [5.41, 5.74) is 0. The van der Waals surface area contributed by atoms with E-state index in [2.05, 4.69) is 25.7 Å². The number of rotatable bonds is 5. The van der Waals surface area contributed by atoms with Crippen LogP contribution in [0.4, 0.5) is 0 Å². The van der Waals surface area contributed by atoms with Crippen LogP contribution in [0.2, 0.25) is 0 Å². The molecule has 3 atom stereocenters. The van der Waals surface area contributed by atoms with Gasteiger partial charge in [-0.2, -0.15) is 0 Å². The first kappa shape index (κ1) is 14.5. The first-order valence-electron chi connectivity index (χ1n) is 6.44. The summed E-state index contributed by atoms with van der Waals surface area (Å²) in [6.45, 7) is 8.10. The summed E-state index contributed by atoms with van der Waals surface area (Å²) in [4.78, 5) is 13.4. The molecule has 0 bridgehead atoms. The van der Waals surface area contributed by atoms with Gasteiger partial charge < -0.3 is 9.84 Å². The molecule has 0 aromatic heterocycles. The Morgan fingerprint density at radius 1 is 1.53 bits per heavy atom. The monoisotopic (exact) mass is 243 g/mol. The van der Waals surface area contributed by atoms with E-state index in [1.54, 1.807) is 7.11 Å². The van der Waals surface area contributed by atoms with Crippen molar-refractivity contribution in [2.45, 2.75) is 45.7 Å². The average molecular weight is 243 g/mol. The molecular weight excluding hydrogens is 218 g/mol. The number of hydrogen-bond donors (Lipinski definition) is 1. The predicted octanol–water partition coefficient (Wildman–Crippen LogP) is 1.84. The molecule has 0 amide bonds. The summed E-state index contributed by atoms with van der Waals surface area (Å²) in [5, 5.41) is 9.05. The van der Waals surface area contributed by atoms with E-state index in [-0.39, 0.29) is 5.92 Å². The Hall–Kier alpha value is -0.610. The first-order valence-corrected chi connectivity index (χ1v) is 6.44. The fourth-order valence-electron chi connectivity index (χ4n) is 2.75. The van der Waals surface area contributed by atoms with Crippen LogP contribution in [0, 0.1) is 11.8 Å². The highest BCUT2D eigenvalue weighted by Crippen LogP contribution is 2.27. The van der Waals surface area contributed by atoms with Gasteiger partial charge in [0.15, 0.2) is 0 Å². The van der Waals surface area contributed by atoms with Gasteiger partial charge in [0, 0.05) is 19.2 Å². The average Bonchev–Trinajstić information content (AvgIpc) is 2.26. The van der Waals surface area contributed by atoms with Crippen molar-refractivity contribution < 1.29 is 14.6 Å². The van der Waals surface area contributed by atoms with Crippen molar-refractivity contribution in [1.29, 1.82) is 0 Å². The lowest BCUT2D eigenvalue weighted by Gasteiger charge is -2.43. The fourth-order valence-corrected chi connectivity index (χ4v) is 2.75. The fraction of sp³-hybridized carbons (Fsp3) is 0.923. The Labute approximate surface area is 104 Å². The molecule has 1 N–H and O–H groups in total. The number of methoxy groups -OCH3 is 1. The molecule has 1 fully saturated rings. The highest BCUT2D eigenvalue weighted by Gasteiger charge is 2.34. The van der Waals surface area contributed by atoms with Crippen LogP contribution < -0.4 is 0 Å². The molecule has 100 valence electrons. The molecule has 0 radical (unpaired) electrons. The maximum atomic E-state index is 11.0. The molecule has 1 heterocycles. The van der Waals surface area contributed by atoms with Crippen molar-refractivity contribution in [3.05, 3.63) is 0 Å². The van der Waals surface area contributed by atoms with Crippen molar-refractivity contribution in [2.75, 3.05) is 20.3 Å². The Morgan fingerprint density at radius 2 is 2.18 bits per heavy atom. The first-order chi connectivity index (χ1) is 7.97. The van der Waals surface area contributed by atoms with Gasteiger partial charge >= 0.3 is 5.97 Å². The molecule has 0 spiro atoms. The van der Waals surface area contributed by atoms with Gasteiger partial charge in [-0.05, 0) is 32.2 Å². The number of carboxylic acids is 1. The van der Waals surface area contributed by atoms with Gasteiger partial charge in [-0.25, -0.2) is 0 Å². The van der Waals surface area contributed by atoms with Crippen LogP contribution in [-0.4, -0.2) is 48.3 Å². The van der Waals surface area contributed by atoms with Crippen molar-refractivity contribution in [1.82, 2.24) is 4.90 Å². The number of hydrogen-bond acceptors (Lipinski definition) is 3. The molecule has 0 aliphatic carbocycles. The van der Waals surface area contributed by atoms with E-state index in [1.807, 2.05) is 0 Å². The maximum absolute atomic E-state index is 11.0. The second kappa shape index (κ2) is 6.36. The minimum atomic E-state index is -0.649. The summed E-state index contributed by atoms with van der Waals surface area (Å²) in [5.74, 6) is -0.292. The molecule has 0 saturated carbocycles. The molecule has 4 nitrogen and oxygen atoms in total. The highest BCUT2D eigenvalue weighted by atomic mass is 16.5. The zero-order valence-electron chi connectivity index (χ0n) is 11.3. The summed E-state index contributed by atoms with van der Waals surface area (Å²) < 4.78 is 5.28. The summed E-state index contributed by atoms with van der Waals surface area (Å²) in [6.07, 6.45) is 1.51. The van der Waals surface area contributed by atoms with E-state index in [9.17, 15) is 4.79 Å². The molecule has 4 heteroatoms. The zero-order chi connectivity index (χ0) is 13.0. The molecule has 1 aliphatic rings. The van der Waals surface area contributed by atoms with Gasteiger partial charge in [-0.1, -0.05) is 13.8 Å². The lowest BCUT2D eigenvalue weighted by molar-refractivity contribution is -0.144. The van der Waals surface area contributed by atoms with E-state index in [0.29, 0.717) is 18.0 Å². The van der Waals surface area contributed by atoms with Gasteiger partial charge in [0.1, 0.15) is 0 Å². The number of nitrogens with zero attached hydrogens (tertiary/aromatic N) is 1. The number of carboxylic acid groups (broad SMARTS) is 1. The Balaban J connectivity index is 2.63. The highest BCUT2D eigenvalue weighted by molar-refractivity contribution is 5.70. The van der Waals surface area contributed by atoms with Crippen LogP contribution in [-0.2, 0) is 9.53 Å². The second-order valence-corrected chi connectivity index (χ2v) is 5.41. The summed E-state index contributed by atoms with van der Waals surface area (Å²) in [7, 11) is 1.73. The third-order valence-electron chi connectivity index (χ3n) is 3.81. The molecule has 0 aromatic carbocycles. The van der Waals surface area contributed by atoms with Crippen LogP contribution >= 0.6 is 0 Å². The van der Waals surface area contributed by atoms with Crippen molar-refractivity contribution in [3.8, 4) is 0 Å². The number of aliphatic carboxylic acids is 1. The lowest BCUT2D eigenvalue weighted by Crippen LogP contribution is -2.51. The van der Waals surface area contributed by atoms with Crippen molar-refractivity contribution in [2.24, 2.45) is 11.8 Å². The molecule has 0 aromatic rings. The molecule has 1 saturated heterocycles. The largest absolute Gasteiger partial charge is 0.481 e. The molecular formula is C13H25NO3. The smallest absolute Gasteiger partial charge is 0.306 e. The van der Waals surface area contributed by atoms with Crippen molar-refractivity contribution in [3.63, 3.8) is 0 Å². The van der Waals surface area contributed by atoms with E-state index >= 15 is 0 Å². The Kier molecular flexibility index (Phi) is 5.40. The van der Waals surface area contributed by atoms with Gasteiger partial charge in [0.2, 0.25) is 0 Å². The summed E-state index contributed by atoms with van der Waals surface area (Å²) >= 11 is 0. The topological polar surface area (TPSA) is 49.8 Å². The number of ether oxygens (including phenoxy) is 1. The van der Waals surface area contributed by atoms with E-state index in [1.165, 1.54) is 0 Å². The number of carbonyl (C=O) groups is 1. The standard InChI is InChI=1S/C13H25NO3/c1-9(2)12(8-17-4)14-6-5-11(13(15)16)7-10(14)3/h9-12H,5-8H2,1-4H3,(H,15,16). The van der Waals surface area contributed by atoms with E-state index in [4.69, 9.17) is 9.84 Å². The maximum Gasteiger partial charge on any atom is 0.306 e. The molecule has 1 rings (SSSR count). The normalized spacial score (nSPS) is 28.3. The number of piperidine rings is 1. The second-order valence-electron chi connectivity index (χ2n) is 5.41. The minimum absolute atomic E-state index is 0.170. The predicted molar refractivity (Wildman–Crippen MR) is 67.0 cm³/mol. The third-order valence-corrected chi connectivity index (χ3v) is 3.81. The SMILES string of the molecule is COCC(C(C)C)N1CCC(C(=O)O)CC1C. The van der Waals surface area contributed by atoms with Crippen LogP contribution in [0.15, 0.2) is 0 Å². The van der Waals surface area contributed by atoms with Gasteiger partial charge in [0.05, 0.1) is 12.5 Å². The van der Waals surface area contributed by atoms with Crippen LogP contribution in [0.25, 0.3) is 0 Å². The number of likely N-dealkylation sites (tertiary alicyclic amines) is 1. The third kappa shape index (κ3) is 3.68. The van der Waals surface area contributed by atoms with Crippen LogP contribution in [0.1, 0.15) is 33.6 Å². The van der Waals surface area contributed by atoms with E-state index < -0.39 is 5.97 Å². The van der Waals surface area contributed by atoms with E-state index in [0.717, 1.165) is 26.0 Å². The zero-order valence-corrected chi connectivity index (χ0v) is 11.3. The van der Waals surface area contributed by atoms with Crippen molar-refractivity contribution >= 4 is 5.97 Å². The van der Waals surface area contributed by atoms with Gasteiger partial charge in [-0.15, -0.1) is 0 Å². The summed E-state index contributed by atoms with van der Waals surface area (Å²) in [6, 6.07) is 0.720. The van der Waals surface area contributed by atoms with Crippen LogP contribution in [0.3, 0.4) is 0 Å². The van der Waals surface area contributed by atoms with Gasteiger partial charge in [0.25, 0.3) is 0 Å². The quantitative estimate of drug-likeness (QED) is 0.800. The molecule has 17 heavy (non-hydrogen) atoms. The Bertz CT molecular complexity index is 255. The Morgan fingerprint density at radius 3 is 2.59 bits per heavy atom. The van der Waals surface area contributed by atoms with Crippen LogP contribution in [0.5, 0.6) is 0 Å². The molecule has 1 aliphatic heterocycles. The minimum Gasteiger partial charge on any atom is -0.481 e. The lowest BCUT2D eigenvalue weighted by atomic mass is 9.89. The van der Waals surface area contributed by atoms with Gasteiger partial charge in [-0.3, -0.25) is 9.69 Å².